The fourth-order valence-corrected chi connectivity index (χ4v) is 1.45. The predicted molar refractivity (Wildman–Crippen MR) is 44.3 cm³/mol. The minimum absolute atomic E-state index is 0.253. The third-order valence-corrected chi connectivity index (χ3v) is 1.91. The molecule has 1 saturated heterocycles. The molecule has 1 aliphatic heterocycles. The van der Waals surface area contributed by atoms with E-state index >= 15 is 0 Å². The van der Waals surface area contributed by atoms with E-state index in [0.29, 0.717) is 18.5 Å². The van der Waals surface area contributed by atoms with E-state index in [9.17, 15) is 4.79 Å². The lowest BCUT2D eigenvalue weighted by molar-refractivity contribution is -0.126. The fraction of sp³-hybridized carbons (Fsp3) is 0.875. The van der Waals surface area contributed by atoms with Crippen LogP contribution in [0.1, 0.15) is 20.3 Å². The van der Waals surface area contributed by atoms with E-state index in [-0.39, 0.29) is 5.91 Å². The molecule has 0 aromatic carbocycles. The van der Waals surface area contributed by atoms with Crippen molar-refractivity contribution in [1.82, 2.24) is 10.2 Å². The molecule has 1 fully saturated rings. The summed E-state index contributed by atoms with van der Waals surface area (Å²) in [6, 6.07) is 0.840. The molecule has 1 unspecified atom stereocenters. The van der Waals surface area contributed by atoms with Gasteiger partial charge in [-0.15, -0.1) is 0 Å². The summed E-state index contributed by atoms with van der Waals surface area (Å²) >= 11 is 0. The Kier molecular flexibility index (Phi) is 2.49. The molecule has 3 nitrogen and oxygen atoms in total. The number of likely N-dealkylation sites (N-methyl/N-ethyl adjacent to an activating group) is 1. The number of nitrogens with one attached hydrogen (secondary N) is 1. The van der Waals surface area contributed by atoms with Crippen LogP contribution in [0.25, 0.3) is 0 Å². The Labute approximate surface area is 67.8 Å². The molecule has 1 aliphatic rings. The number of hydrogen-bond acceptors (Lipinski definition) is 2. The highest BCUT2D eigenvalue weighted by molar-refractivity contribution is 5.78. The highest BCUT2D eigenvalue weighted by atomic mass is 16.2. The summed E-state index contributed by atoms with van der Waals surface area (Å²) in [5.41, 5.74) is 0. The van der Waals surface area contributed by atoms with E-state index in [1.807, 2.05) is 7.05 Å². The van der Waals surface area contributed by atoms with Gasteiger partial charge in [0.05, 0.1) is 0 Å². The number of rotatable bonds is 2. The molecule has 1 heterocycles. The summed E-state index contributed by atoms with van der Waals surface area (Å²) in [4.78, 5) is 12.8. The summed E-state index contributed by atoms with van der Waals surface area (Å²) in [6.45, 7) is 5.06. The maximum absolute atomic E-state index is 11.1. The second kappa shape index (κ2) is 3.22. The summed E-state index contributed by atoms with van der Waals surface area (Å²) in [6.07, 6.45) is 0.661. The van der Waals surface area contributed by atoms with E-state index in [1.54, 1.807) is 4.90 Å². The molecule has 0 aromatic rings. The van der Waals surface area contributed by atoms with Gasteiger partial charge in [0.1, 0.15) is 0 Å². The molecule has 0 bridgehead atoms. The number of amides is 1. The zero-order valence-electron chi connectivity index (χ0n) is 7.42. The average molecular weight is 156 g/mol. The van der Waals surface area contributed by atoms with Crippen LogP contribution in [-0.4, -0.2) is 36.5 Å². The monoisotopic (exact) mass is 156 g/mol. The van der Waals surface area contributed by atoms with Gasteiger partial charge in [0.25, 0.3) is 0 Å². The molecule has 1 N–H and O–H groups in total. The van der Waals surface area contributed by atoms with E-state index in [1.165, 1.54) is 0 Å². The summed E-state index contributed by atoms with van der Waals surface area (Å²) in [5, 5.41) is 3.34. The SMILES string of the molecule is CC(C)NC1CC(=O)N(C)C1. The van der Waals surface area contributed by atoms with Crippen molar-refractivity contribution in [2.24, 2.45) is 0 Å². The molecule has 11 heavy (non-hydrogen) atoms. The van der Waals surface area contributed by atoms with Crippen LogP contribution in [0.4, 0.5) is 0 Å². The van der Waals surface area contributed by atoms with E-state index in [4.69, 9.17) is 0 Å². The first-order valence-electron chi connectivity index (χ1n) is 4.09. The molecule has 0 aliphatic carbocycles. The van der Waals surface area contributed by atoms with Gasteiger partial charge in [-0.25, -0.2) is 0 Å². The van der Waals surface area contributed by atoms with Crippen molar-refractivity contribution in [3.05, 3.63) is 0 Å². The van der Waals surface area contributed by atoms with Crippen molar-refractivity contribution in [2.45, 2.75) is 32.4 Å². The smallest absolute Gasteiger partial charge is 0.224 e. The summed E-state index contributed by atoms with van der Waals surface area (Å²) < 4.78 is 0. The number of hydrogen-bond donors (Lipinski definition) is 1. The number of carbonyl (C=O) groups excluding carboxylic acids is 1. The van der Waals surface area contributed by atoms with Crippen molar-refractivity contribution in [2.75, 3.05) is 13.6 Å². The lowest BCUT2D eigenvalue weighted by atomic mass is 10.2. The van der Waals surface area contributed by atoms with Crippen LogP contribution in [0.2, 0.25) is 0 Å². The standard InChI is InChI=1S/C8H16N2O/c1-6(2)9-7-4-8(11)10(3)5-7/h6-7,9H,4-5H2,1-3H3. The quantitative estimate of drug-likeness (QED) is 0.620. The first kappa shape index (κ1) is 8.53. The van der Waals surface area contributed by atoms with Gasteiger partial charge in [-0.3, -0.25) is 4.79 Å². The largest absolute Gasteiger partial charge is 0.344 e. The molecule has 0 aromatic heterocycles. The van der Waals surface area contributed by atoms with Crippen LogP contribution >= 0.6 is 0 Å². The van der Waals surface area contributed by atoms with Gasteiger partial charge in [-0.05, 0) is 0 Å². The van der Waals surface area contributed by atoms with Gasteiger partial charge in [0, 0.05) is 32.1 Å². The van der Waals surface area contributed by atoms with Crippen molar-refractivity contribution < 1.29 is 4.79 Å². The van der Waals surface area contributed by atoms with Gasteiger partial charge < -0.3 is 10.2 Å². The van der Waals surface area contributed by atoms with Crippen molar-refractivity contribution in [1.29, 1.82) is 0 Å². The molecular weight excluding hydrogens is 140 g/mol. The van der Waals surface area contributed by atoms with Crippen LogP contribution in [-0.2, 0) is 4.79 Å². The normalized spacial score (nSPS) is 25.3. The molecule has 1 atom stereocenters. The molecule has 0 radical (unpaired) electrons. The van der Waals surface area contributed by atoms with Gasteiger partial charge in [0.2, 0.25) is 5.91 Å². The third kappa shape index (κ3) is 2.19. The van der Waals surface area contributed by atoms with Crippen molar-refractivity contribution >= 4 is 5.91 Å². The Bertz CT molecular complexity index is 156. The zero-order valence-corrected chi connectivity index (χ0v) is 7.42. The Balaban J connectivity index is 2.35. The molecule has 1 rings (SSSR count). The average Bonchev–Trinajstić information content (AvgIpc) is 2.10. The predicted octanol–water partition coefficient (Wildman–Crippen LogP) is 0.215. The van der Waals surface area contributed by atoms with Gasteiger partial charge in [0.15, 0.2) is 0 Å². The number of nitrogens with zero attached hydrogens (tertiary/aromatic N) is 1. The van der Waals surface area contributed by atoms with Gasteiger partial charge in [-0.1, -0.05) is 13.8 Å². The molecule has 0 spiro atoms. The molecule has 64 valence electrons. The van der Waals surface area contributed by atoms with Crippen LogP contribution in [0.3, 0.4) is 0 Å². The van der Waals surface area contributed by atoms with E-state index in [0.717, 1.165) is 6.54 Å². The Morgan fingerprint density at radius 1 is 1.64 bits per heavy atom. The third-order valence-electron chi connectivity index (χ3n) is 1.91. The second-order valence-corrected chi connectivity index (χ2v) is 3.50. The lowest BCUT2D eigenvalue weighted by Gasteiger charge is -2.14. The van der Waals surface area contributed by atoms with Gasteiger partial charge in [-0.2, -0.15) is 0 Å². The minimum Gasteiger partial charge on any atom is -0.344 e. The van der Waals surface area contributed by atoms with Gasteiger partial charge >= 0.3 is 0 Å². The summed E-state index contributed by atoms with van der Waals surface area (Å²) in [7, 11) is 1.85. The van der Waals surface area contributed by atoms with E-state index < -0.39 is 0 Å². The van der Waals surface area contributed by atoms with Crippen LogP contribution in [0.15, 0.2) is 0 Å². The van der Waals surface area contributed by atoms with Crippen LogP contribution < -0.4 is 5.32 Å². The Morgan fingerprint density at radius 3 is 2.64 bits per heavy atom. The zero-order chi connectivity index (χ0) is 8.43. The highest BCUT2D eigenvalue weighted by Gasteiger charge is 2.26. The van der Waals surface area contributed by atoms with Crippen molar-refractivity contribution in [3.63, 3.8) is 0 Å². The van der Waals surface area contributed by atoms with Crippen LogP contribution in [0, 0.1) is 0 Å². The topological polar surface area (TPSA) is 32.3 Å². The number of carbonyl (C=O) groups is 1. The molecule has 3 heteroatoms. The molecular formula is C8H16N2O. The summed E-state index contributed by atoms with van der Waals surface area (Å²) in [5.74, 6) is 0.253. The molecule has 0 saturated carbocycles. The maximum atomic E-state index is 11.1. The second-order valence-electron chi connectivity index (χ2n) is 3.50. The van der Waals surface area contributed by atoms with Crippen molar-refractivity contribution in [3.8, 4) is 0 Å². The Hall–Kier alpha value is -0.570. The highest BCUT2D eigenvalue weighted by Crippen LogP contribution is 2.08. The Morgan fingerprint density at radius 2 is 2.27 bits per heavy atom. The maximum Gasteiger partial charge on any atom is 0.224 e. The minimum atomic E-state index is 0.253. The van der Waals surface area contributed by atoms with E-state index in [2.05, 4.69) is 19.2 Å². The fourth-order valence-electron chi connectivity index (χ4n) is 1.45. The lowest BCUT2D eigenvalue weighted by Crippen LogP contribution is -2.36. The van der Waals surface area contributed by atoms with Crippen LogP contribution in [0.5, 0.6) is 0 Å². The number of likely N-dealkylation sites (tertiary alicyclic amines) is 1. The first-order chi connectivity index (χ1) is 5.09. The first-order valence-corrected chi connectivity index (χ1v) is 4.09. The molecule has 1 amide bonds.